The molecule has 0 unspecified atom stereocenters. The van der Waals surface area contributed by atoms with Gasteiger partial charge in [-0.25, -0.2) is 0 Å². The Hall–Kier alpha value is -1.26. The third kappa shape index (κ3) is 3.62. The molecule has 0 amide bonds. The Morgan fingerprint density at radius 3 is 2.89 bits per heavy atom. The summed E-state index contributed by atoms with van der Waals surface area (Å²) in [5.74, 6) is 0.317. The minimum Gasteiger partial charge on any atom is -0.409 e. The molecule has 1 aromatic carbocycles. The summed E-state index contributed by atoms with van der Waals surface area (Å²) in [6.45, 7) is 1.67. The maximum atomic E-state index is 8.59. The van der Waals surface area contributed by atoms with Crippen LogP contribution in [0.4, 0.5) is 0 Å². The van der Waals surface area contributed by atoms with E-state index in [1.54, 1.807) is 0 Å². The van der Waals surface area contributed by atoms with Crippen LogP contribution in [0.15, 0.2) is 29.4 Å². The lowest BCUT2D eigenvalue weighted by atomic mass is 10.0. The van der Waals surface area contributed by atoms with Gasteiger partial charge in [-0.2, -0.15) is 0 Å². The maximum Gasteiger partial charge on any atom is 0.139 e. The van der Waals surface area contributed by atoms with E-state index >= 15 is 0 Å². The molecule has 0 heterocycles. The SMILES string of the molecule is NC(CC1(CNCc2cccc(Cl)c2)CC1)=NO. The predicted molar refractivity (Wildman–Crippen MR) is 72.9 cm³/mol. The van der Waals surface area contributed by atoms with E-state index in [0.29, 0.717) is 12.3 Å². The van der Waals surface area contributed by atoms with Crippen molar-refractivity contribution < 1.29 is 5.21 Å². The van der Waals surface area contributed by atoms with Crippen LogP contribution in [-0.4, -0.2) is 17.6 Å². The largest absolute Gasteiger partial charge is 0.409 e. The lowest BCUT2D eigenvalue weighted by Gasteiger charge is -2.15. The Balaban J connectivity index is 1.79. The van der Waals surface area contributed by atoms with Crippen molar-refractivity contribution in [1.29, 1.82) is 0 Å². The van der Waals surface area contributed by atoms with Crippen molar-refractivity contribution in [3.05, 3.63) is 34.9 Å². The first-order chi connectivity index (χ1) is 8.63. The number of nitrogens with zero attached hydrogens (tertiary/aromatic N) is 1. The molecule has 98 valence electrons. The molecule has 4 nitrogen and oxygen atoms in total. The van der Waals surface area contributed by atoms with Crippen LogP contribution in [0.25, 0.3) is 0 Å². The summed E-state index contributed by atoms with van der Waals surface area (Å²) in [5.41, 5.74) is 6.91. The summed E-state index contributed by atoms with van der Waals surface area (Å²) in [5, 5.41) is 15.8. The van der Waals surface area contributed by atoms with E-state index in [1.807, 2.05) is 24.3 Å². The molecule has 5 heteroatoms. The number of hydrogen-bond donors (Lipinski definition) is 3. The number of halogens is 1. The van der Waals surface area contributed by atoms with Crippen molar-refractivity contribution >= 4 is 17.4 Å². The fourth-order valence-corrected chi connectivity index (χ4v) is 2.34. The number of nitrogens with two attached hydrogens (primary N) is 1. The Kier molecular flexibility index (Phi) is 4.09. The highest BCUT2D eigenvalue weighted by molar-refractivity contribution is 6.30. The molecule has 2 rings (SSSR count). The van der Waals surface area contributed by atoms with Gasteiger partial charge in [0.05, 0.1) is 0 Å². The standard InChI is InChI=1S/C13H18ClN3O/c14-11-3-1-2-10(6-11)8-16-9-13(4-5-13)7-12(15)17-18/h1-3,6,16,18H,4-5,7-9H2,(H2,15,17). The molecule has 4 N–H and O–H groups in total. The number of hydrogen-bond acceptors (Lipinski definition) is 3. The van der Waals surface area contributed by atoms with Crippen molar-refractivity contribution in [2.24, 2.45) is 16.3 Å². The van der Waals surface area contributed by atoms with Crippen LogP contribution in [0.5, 0.6) is 0 Å². The number of rotatable bonds is 6. The summed E-state index contributed by atoms with van der Waals surface area (Å²) in [7, 11) is 0. The second-order valence-corrected chi connectivity index (χ2v) is 5.44. The number of oxime groups is 1. The molecular weight excluding hydrogens is 250 g/mol. The van der Waals surface area contributed by atoms with Gasteiger partial charge < -0.3 is 16.3 Å². The van der Waals surface area contributed by atoms with Crippen molar-refractivity contribution in [3.63, 3.8) is 0 Å². The van der Waals surface area contributed by atoms with Gasteiger partial charge in [-0.15, -0.1) is 0 Å². The summed E-state index contributed by atoms with van der Waals surface area (Å²) < 4.78 is 0. The summed E-state index contributed by atoms with van der Waals surface area (Å²) in [6, 6.07) is 7.81. The van der Waals surface area contributed by atoms with Gasteiger partial charge in [0.15, 0.2) is 0 Å². The lowest BCUT2D eigenvalue weighted by Crippen LogP contribution is -2.28. The molecule has 0 bridgehead atoms. The first-order valence-corrected chi connectivity index (χ1v) is 6.43. The van der Waals surface area contributed by atoms with E-state index in [2.05, 4.69) is 10.5 Å². The van der Waals surface area contributed by atoms with Gasteiger partial charge in [-0.05, 0) is 36.0 Å². The second-order valence-electron chi connectivity index (χ2n) is 5.00. The minimum absolute atomic E-state index is 0.189. The second kappa shape index (κ2) is 5.59. The zero-order valence-corrected chi connectivity index (χ0v) is 11.0. The molecule has 0 saturated heterocycles. The van der Waals surface area contributed by atoms with Crippen LogP contribution in [0.2, 0.25) is 5.02 Å². The van der Waals surface area contributed by atoms with E-state index < -0.39 is 0 Å². The highest BCUT2D eigenvalue weighted by atomic mass is 35.5. The highest BCUT2D eigenvalue weighted by Gasteiger charge is 2.42. The van der Waals surface area contributed by atoms with Gasteiger partial charge in [-0.1, -0.05) is 28.9 Å². The molecule has 0 atom stereocenters. The fourth-order valence-electron chi connectivity index (χ4n) is 2.13. The van der Waals surface area contributed by atoms with Crippen LogP contribution < -0.4 is 11.1 Å². The van der Waals surface area contributed by atoms with Crippen molar-refractivity contribution in [2.75, 3.05) is 6.54 Å². The van der Waals surface area contributed by atoms with Crippen LogP contribution in [0, 0.1) is 5.41 Å². The molecule has 18 heavy (non-hydrogen) atoms. The zero-order chi connectivity index (χ0) is 13.0. The average molecular weight is 268 g/mol. The molecule has 1 aliphatic carbocycles. The van der Waals surface area contributed by atoms with E-state index in [-0.39, 0.29) is 5.41 Å². The van der Waals surface area contributed by atoms with Gasteiger partial charge >= 0.3 is 0 Å². The van der Waals surface area contributed by atoms with E-state index in [9.17, 15) is 0 Å². The Labute approximate surface area is 112 Å². The first-order valence-electron chi connectivity index (χ1n) is 6.05. The van der Waals surface area contributed by atoms with Gasteiger partial charge in [0.25, 0.3) is 0 Å². The van der Waals surface area contributed by atoms with Crippen LogP contribution in [0.1, 0.15) is 24.8 Å². The molecule has 1 fully saturated rings. The molecule has 1 aromatic rings. The number of benzene rings is 1. The van der Waals surface area contributed by atoms with Crippen molar-refractivity contribution in [1.82, 2.24) is 5.32 Å². The van der Waals surface area contributed by atoms with Crippen molar-refractivity contribution in [3.8, 4) is 0 Å². The lowest BCUT2D eigenvalue weighted by molar-refractivity contribution is 0.314. The van der Waals surface area contributed by atoms with Crippen LogP contribution in [-0.2, 0) is 6.54 Å². The van der Waals surface area contributed by atoms with Gasteiger partial charge in [-0.3, -0.25) is 0 Å². The van der Waals surface area contributed by atoms with E-state index in [4.69, 9.17) is 22.5 Å². The highest BCUT2D eigenvalue weighted by Crippen LogP contribution is 2.48. The molecule has 0 aromatic heterocycles. The van der Waals surface area contributed by atoms with Crippen LogP contribution in [0.3, 0.4) is 0 Å². The molecule has 1 saturated carbocycles. The molecule has 0 aliphatic heterocycles. The molecular formula is C13H18ClN3O. The van der Waals surface area contributed by atoms with Crippen LogP contribution >= 0.6 is 11.6 Å². The molecule has 1 aliphatic rings. The van der Waals surface area contributed by atoms with Gasteiger partial charge in [0, 0.05) is 24.5 Å². The topological polar surface area (TPSA) is 70.6 Å². The monoisotopic (exact) mass is 267 g/mol. The van der Waals surface area contributed by atoms with Crippen molar-refractivity contribution in [2.45, 2.75) is 25.8 Å². The Morgan fingerprint density at radius 1 is 1.50 bits per heavy atom. The average Bonchev–Trinajstić information content (AvgIpc) is 3.09. The molecule has 0 spiro atoms. The third-order valence-corrected chi connectivity index (χ3v) is 3.59. The quantitative estimate of drug-likeness (QED) is 0.321. The maximum absolute atomic E-state index is 8.59. The smallest absolute Gasteiger partial charge is 0.139 e. The molecule has 0 radical (unpaired) electrons. The third-order valence-electron chi connectivity index (χ3n) is 3.36. The predicted octanol–water partition coefficient (Wildman–Crippen LogP) is 2.35. The summed E-state index contributed by atoms with van der Waals surface area (Å²) in [6.07, 6.45) is 2.92. The fraction of sp³-hybridized carbons (Fsp3) is 0.462. The minimum atomic E-state index is 0.189. The Morgan fingerprint density at radius 2 is 2.28 bits per heavy atom. The van der Waals surface area contributed by atoms with Gasteiger partial charge in [0.2, 0.25) is 0 Å². The summed E-state index contributed by atoms with van der Waals surface area (Å²) >= 11 is 5.93. The zero-order valence-electron chi connectivity index (χ0n) is 10.2. The number of amidine groups is 1. The first kappa shape index (κ1) is 13.2. The summed E-state index contributed by atoms with van der Waals surface area (Å²) in [4.78, 5) is 0. The Bertz CT molecular complexity index is 444. The van der Waals surface area contributed by atoms with E-state index in [0.717, 1.165) is 31.0 Å². The van der Waals surface area contributed by atoms with E-state index in [1.165, 1.54) is 5.56 Å². The normalized spacial score (nSPS) is 17.7. The van der Waals surface area contributed by atoms with Gasteiger partial charge in [0.1, 0.15) is 5.84 Å². The number of nitrogens with one attached hydrogen (secondary N) is 1.